The average Bonchev–Trinajstić information content (AvgIpc) is 3.21. The van der Waals surface area contributed by atoms with E-state index in [1.807, 2.05) is 0 Å². The smallest absolute Gasteiger partial charge is 0.0593 e. The summed E-state index contributed by atoms with van der Waals surface area (Å²) >= 11 is 0. The van der Waals surface area contributed by atoms with Gasteiger partial charge in [0.25, 0.3) is 0 Å². The highest BCUT2D eigenvalue weighted by Crippen LogP contribution is 2.33. The maximum absolute atomic E-state index is 5.77. The number of likely N-dealkylation sites (N-methyl/N-ethyl adjacent to an activating group) is 2. The van der Waals surface area contributed by atoms with Gasteiger partial charge in [-0.25, -0.2) is 0 Å². The van der Waals surface area contributed by atoms with E-state index < -0.39 is 0 Å². The molecule has 0 bridgehead atoms. The average molecular weight is 274 g/mol. The molecular weight excluding hydrogens is 248 g/mol. The first-order chi connectivity index (χ1) is 9.79. The molecule has 1 aromatic rings. The topological polar surface area (TPSA) is 24.5 Å². The van der Waals surface area contributed by atoms with Gasteiger partial charge in [0.1, 0.15) is 0 Å². The molecule has 2 atom stereocenters. The molecule has 2 aliphatic carbocycles. The minimum atomic E-state index is 0.444. The lowest BCUT2D eigenvalue weighted by molar-refractivity contribution is 0.0866. The summed E-state index contributed by atoms with van der Waals surface area (Å²) in [5.41, 5.74) is 2.95. The fraction of sp³-hybridized carbons (Fsp3) is 0.647. The Kier molecular flexibility index (Phi) is 4.39. The number of benzene rings is 1. The summed E-state index contributed by atoms with van der Waals surface area (Å²) in [6.45, 7) is 2.84. The van der Waals surface area contributed by atoms with Crippen LogP contribution in [-0.2, 0) is 11.2 Å². The van der Waals surface area contributed by atoms with Crippen molar-refractivity contribution in [3.05, 3.63) is 35.4 Å². The first-order valence-corrected chi connectivity index (χ1v) is 7.82. The van der Waals surface area contributed by atoms with Crippen molar-refractivity contribution in [3.63, 3.8) is 0 Å². The standard InChI is InChI=1S/C17H26N2O/c1-18-17-15-6-4-3-5-14(15)11-16(17)19(2)9-10-20-12-13-7-8-13/h3-6,13,16-18H,7-12H2,1-2H3. The molecule has 0 aromatic heterocycles. The first-order valence-electron chi connectivity index (χ1n) is 7.82. The van der Waals surface area contributed by atoms with Crippen molar-refractivity contribution >= 4 is 0 Å². The highest BCUT2D eigenvalue weighted by atomic mass is 16.5. The van der Waals surface area contributed by atoms with E-state index in [9.17, 15) is 0 Å². The molecule has 1 N–H and O–H groups in total. The van der Waals surface area contributed by atoms with Crippen LogP contribution in [-0.4, -0.2) is 44.8 Å². The minimum absolute atomic E-state index is 0.444. The van der Waals surface area contributed by atoms with Crippen LogP contribution in [0.15, 0.2) is 24.3 Å². The Bertz CT molecular complexity index is 444. The summed E-state index contributed by atoms with van der Waals surface area (Å²) in [5, 5.41) is 3.49. The lowest BCUT2D eigenvalue weighted by Gasteiger charge is -2.29. The van der Waals surface area contributed by atoms with Gasteiger partial charge in [0.05, 0.1) is 6.61 Å². The summed E-state index contributed by atoms with van der Waals surface area (Å²) < 4.78 is 5.77. The van der Waals surface area contributed by atoms with Crippen LogP contribution in [0.2, 0.25) is 0 Å². The Morgan fingerprint density at radius 2 is 2.10 bits per heavy atom. The van der Waals surface area contributed by atoms with E-state index in [4.69, 9.17) is 4.74 Å². The van der Waals surface area contributed by atoms with E-state index in [1.165, 1.54) is 24.0 Å². The molecule has 110 valence electrons. The second-order valence-electron chi connectivity index (χ2n) is 6.24. The number of rotatable bonds is 7. The number of hydrogen-bond acceptors (Lipinski definition) is 3. The van der Waals surface area contributed by atoms with Crippen LogP contribution in [0, 0.1) is 5.92 Å². The summed E-state index contributed by atoms with van der Waals surface area (Å²) in [6.07, 6.45) is 3.88. The number of ether oxygens (including phenoxy) is 1. The van der Waals surface area contributed by atoms with Gasteiger partial charge >= 0.3 is 0 Å². The van der Waals surface area contributed by atoms with Gasteiger partial charge < -0.3 is 10.1 Å². The molecule has 20 heavy (non-hydrogen) atoms. The second kappa shape index (κ2) is 6.25. The van der Waals surface area contributed by atoms with E-state index in [0.29, 0.717) is 12.1 Å². The van der Waals surface area contributed by atoms with Gasteiger partial charge in [-0.2, -0.15) is 0 Å². The van der Waals surface area contributed by atoms with Gasteiger partial charge in [-0.1, -0.05) is 24.3 Å². The van der Waals surface area contributed by atoms with Crippen LogP contribution >= 0.6 is 0 Å². The largest absolute Gasteiger partial charge is 0.380 e. The van der Waals surface area contributed by atoms with Gasteiger partial charge in [-0.05, 0) is 50.4 Å². The molecule has 0 radical (unpaired) electrons. The predicted molar refractivity (Wildman–Crippen MR) is 81.9 cm³/mol. The van der Waals surface area contributed by atoms with Gasteiger partial charge in [0, 0.05) is 25.2 Å². The number of nitrogens with zero attached hydrogens (tertiary/aromatic N) is 1. The van der Waals surface area contributed by atoms with Crippen LogP contribution in [0.3, 0.4) is 0 Å². The number of fused-ring (bicyclic) bond motifs is 1. The van der Waals surface area contributed by atoms with Gasteiger partial charge in [0.2, 0.25) is 0 Å². The monoisotopic (exact) mass is 274 g/mol. The molecule has 3 heteroatoms. The normalized spacial score (nSPS) is 25.1. The molecule has 3 nitrogen and oxygen atoms in total. The highest BCUT2D eigenvalue weighted by molar-refractivity contribution is 5.37. The lowest BCUT2D eigenvalue weighted by Crippen LogP contribution is -2.41. The zero-order chi connectivity index (χ0) is 13.9. The van der Waals surface area contributed by atoms with Crippen molar-refractivity contribution in [2.24, 2.45) is 5.92 Å². The molecular formula is C17H26N2O. The van der Waals surface area contributed by atoms with Crippen molar-refractivity contribution in [1.29, 1.82) is 0 Å². The zero-order valence-electron chi connectivity index (χ0n) is 12.6. The minimum Gasteiger partial charge on any atom is -0.380 e. The quantitative estimate of drug-likeness (QED) is 0.772. The van der Waals surface area contributed by atoms with E-state index >= 15 is 0 Å². The van der Waals surface area contributed by atoms with Crippen LogP contribution in [0.4, 0.5) is 0 Å². The van der Waals surface area contributed by atoms with Crippen LogP contribution in [0.1, 0.15) is 30.0 Å². The summed E-state index contributed by atoms with van der Waals surface area (Å²) in [6, 6.07) is 9.80. The Morgan fingerprint density at radius 1 is 1.30 bits per heavy atom. The Hall–Kier alpha value is -0.900. The molecule has 1 fully saturated rings. The molecule has 1 saturated carbocycles. The fourth-order valence-electron chi connectivity index (χ4n) is 3.24. The third-order valence-electron chi connectivity index (χ3n) is 4.72. The van der Waals surface area contributed by atoms with E-state index in [0.717, 1.165) is 32.1 Å². The predicted octanol–water partition coefficient (Wildman–Crippen LogP) is 2.23. The van der Waals surface area contributed by atoms with Crippen molar-refractivity contribution in [2.75, 3.05) is 33.9 Å². The molecule has 0 heterocycles. The van der Waals surface area contributed by atoms with E-state index in [2.05, 4.69) is 48.6 Å². The van der Waals surface area contributed by atoms with Crippen molar-refractivity contribution < 1.29 is 4.74 Å². The number of nitrogens with one attached hydrogen (secondary N) is 1. The Balaban J connectivity index is 1.53. The second-order valence-corrected chi connectivity index (χ2v) is 6.24. The van der Waals surface area contributed by atoms with Crippen molar-refractivity contribution in [1.82, 2.24) is 10.2 Å². The third kappa shape index (κ3) is 3.05. The summed E-state index contributed by atoms with van der Waals surface area (Å²) in [5.74, 6) is 0.862. The molecule has 0 spiro atoms. The van der Waals surface area contributed by atoms with Crippen molar-refractivity contribution in [3.8, 4) is 0 Å². The highest BCUT2D eigenvalue weighted by Gasteiger charge is 2.33. The summed E-state index contributed by atoms with van der Waals surface area (Å²) in [4.78, 5) is 2.45. The maximum atomic E-state index is 5.77. The first kappa shape index (κ1) is 14.1. The SMILES string of the molecule is CNC1c2ccccc2CC1N(C)CCOCC1CC1. The molecule has 2 unspecified atom stereocenters. The Labute approximate surface area is 122 Å². The van der Waals surface area contributed by atoms with Gasteiger partial charge in [-0.15, -0.1) is 0 Å². The van der Waals surface area contributed by atoms with Gasteiger partial charge in [-0.3, -0.25) is 4.90 Å². The van der Waals surface area contributed by atoms with Crippen molar-refractivity contribution in [2.45, 2.75) is 31.3 Å². The molecule has 0 aliphatic heterocycles. The van der Waals surface area contributed by atoms with Crippen LogP contribution in [0.5, 0.6) is 0 Å². The fourth-order valence-corrected chi connectivity index (χ4v) is 3.24. The van der Waals surface area contributed by atoms with Crippen LogP contribution < -0.4 is 5.32 Å². The number of hydrogen-bond donors (Lipinski definition) is 1. The van der Waals surface area contributed by atoms with E-state index in [-0.39, 0.29) is 0 Å². The molecule has 0 amide bonds. The lowest BCUT2D eigenvalue weighted by atomic mass is 10.1. The summed E-state index contributed by atoms with van der Waals surface area (Å²) in [7, 11) is 4.29. The molecule has 1 aromatic carbocycles. The molecule has 3 rings (SSSR count). The maximum Gasteiger partial charge on any atom is 0.0593 e. The molecule has 0 saturated heterocycles. The third-order valence-corrected chi connectivity index (χ3v) is 4.72. The van der Waals surface area contributed by atoms with Gasteiger partial charge in [0.15, 0.2) is 0 Å². The van der Waals surface area contributed by atoms with Crippen LogP contribution in [0.25, 0.3) is 0 Å². The molecule has 2 aliphatic rings. The Morgan fingerprint density at radius 3 is 2.85 bits per heavy atom. The zero-order valence-corrected chi connectivity index (χ0v) is 12.6. The van der Waals surface area contributed by atoms with E-state index in [1.54, 1.807) is 0 Å².